The van der Waals surface area contributed by atoms with E-state index in [0.717, 1.165) is 32.5 Å². The highest BCUT2D eigenvalue weighted by Gasteiger charge is 2.44. The van der Waals surface area contributed by atoms with E-state index >= 15 is 0 Å². The minimum absolute atomic E-state index is 0.0141. The van der Waals surface area contributed by atoms with Crippen LogP contribution in [-0.4, -0.2) is 55.3 Å². The van der Waals surface area contributed by atoms with Gasteiger partial charge in [0.05, 0.1) is 12.1 Å². The number of nitrogens with one attached hydrogen (secondary N) is 1. The fraction of sp³-hybridized carbons (Fsp3) is 0.636. The maximum absolute atomic E-state index is 13.1. The van der Waals surface area contributed by atoms with E-state index in [4.69, 9.17) is 14.2 Å². The number of benzene rings is 1. The molecule has 156 valence electrons. The third-order valence-electron chi connectivity index (χ3n) is 6.66. The van der Waals surface area contributed by atoms with Crippen LogP contribution in [0.1, 0.15) is 43.0 Å². The van der Waals surface area contributed by atoms with Crippen molar-refractivity contribution in [3.05, 3.63) is 23.8 Å². The fourth-order valence-electron chi connectivity index (χ4n) is 4.93. The van der Waals surface area contributed by atoms with Crippen molar-refractivity contribution >= 4 is 11.8 Å². The van der Waals surface area contributed by atoms with Crippen molar-refractivity contribution in [3.63, 3.8) is 0 Å². The number of hydrogen-bond acceptors (Lipinski definition) is 5. The summed E-state index contributed by atoms with van der Waals surface area (Å²) < 4.78 is 17.0. The average molecular weight is 400 g/mol. The molecule has 2 aliphatic carbocycles. The number of nitrogens with zero attached hydrogens (tertiary/aromatic N) is 1. The monoisotopic (exact) mass is 400 g/mol. The lowest BCUT2D eigenvalue weighted by Gasteiger charge is -2.38. The number of rotatable bonds is 5. The standard InChI is InChI=1S/C22H28N2O5/c1-13(25)23-18-6-16-9-24(10-17(16)8-20(18)27-11-14-2-3-14)22(26)15-4-5-19-21(7-15)29-12-28-19/h4-5,7,14,16-18,20H,2-3,6,8-12H2,1H3,(H,23,25)/t16-,17+,18-,20-/m1/s1. The Labute approximate surface area is 170 Å². The summed E-state index contributed by atoms with van der Waals surface area (Å²) in [5.74, 6) is 2.84. The zero-order valence-corrected chi connectivity index (χ0v) is 16.8. The van der Waals surface area contributed by atoms with Crippen LogP contribution in [0.3, 0.4) is 0 Å². The lowest BCUT2D eigenvalue weighted by atomic mass is 9.77. The molecule has 1 aromatic rings. The van der Waals surface area contributed by atoms with E-state index in [2.05, 4.69) is 5.32 Å². The van der Waals surface area contributed by atoms with Crippen molar-refractivity contribution in [3.8, 4) is 11.5 Å². The van der Waals surface area contributed by atoms with Crippen LogP contribution in [-0.2, 0) is 9.53 Å². The topological polar surface area (TPSA) is 77.1 Å². The van der Waals surface area contributed by atoms with Gasteiger partial charge in [-0.25, -0.2) is 0 Å². The van der Waals surface area contributed by atoms with Gasteiger partial charge in [0.2, 0.25) is 12.7 Å². The summed E-state index contributed by atoms with van der Waals surface area (Å²) in [4.78, 5) is 26.7. The highest BCUT2D eigenvalue weighted by Crippen LogP contribution is 2.40. The van der Waals surface area contributed by atoms with Crippen molar-refractivity contribution in [2.24, 2.45) is 17.8 Å². The van der Waals surface area contributed by atoms with Gasteiger partial charge in [0, 0.05) is 32.2 Å². The van der Waals surface area contributed by atoms with Gasteiger partial charge in [-0.3, -0.25) is 9.59 Å². The van der Waals surface area contributed by atoms with Gasteiger partial charge in [0.15, 0.2) is 11.5 Å². The fourth-order valence-corrected chi connectivity index (χ4v) is 4.93. The van der Waals surface area contributed by atoms with Crippen molar-refractivity contribution < 1.29 is 23.8 Å². The summed E-state index contributed by atoms with van der Waals surface area (Å²) in [5, 5.41) is 3.09. The molecular formula is C22H28N2O5. The van der Waals surface area contributed by atoms with Crippen LogP contribution in [0.4, 0.5) is 0 Å². The molecule has 7 nitrogen and oxygen atoms in total. The second kappa shape index (κ2) is 7.52. The van der Waals surface area contributed by atoms with E-state index in [-0.39, 0.29) is 30.8 Å². The lowest BCUT2D eigenvalue weighted by Crippen LogP contribution is -2.50. The first-order chi connectivity index (χ1) is 14.1. The molecule has 0 unspecified atom stereocenters. The number of carbonyl (C=O) groups excluding carboxylic acids is 2. The molecule has 4 aliphatic rings. The predicted octanol–water partition coefficient (Wildman–Crippen LogP) is 2.20. The molecule has 1 saturated heterocycles. The van der Waals surface area contributed by atoms with Gasteiger partial charge in [-0.1, -0.05) is 0 Å². The van der Waals surface area contributed by atoms with E-state index in [1.165, 1.54) is 12.8 Å². The first-order valence-corrected chi connectivity index (χ1v) is 10.6. The molecule has 0 spiro atoms. The van der Waals surface area contributed by atoms with Crippen LogP contribution in [0.25, 0.3) is 0 Å². The zero-order chi connectivity index (χ0) is 20.0. The summed E-state index contributed by atoms with van der Waals surface area (Å²) in [7, 11) is 0. The largest absolute Gasteiger partial charge is 0.454 e. The Morgan fingerprint density at radius 1 is 1.14 bits per heavy atom. The lowest BCUT2D eigenvalue weighted by molar-refractivity contribution is -0.122. The van der Waals surface area contributed by atoms with E-state index in [1.807, 2.05) is 4.90 Å². The van der Waals surface area contributed by atoms with Gasteiger partial charge in [-0.15, -0.1) is 0 Å². The quantitative estimate of drug-likeness (QED) is 0.820. The predicted molar refractivity (Wildman–Crippen MR) is 105 cm³/mol. The smallest absolute Gasteiger partial charge is 0.254 e. The molecule has 0 radical (unpaired) electrons. The molecule has 3 fully saturated rings. The van der Waals surface area contributed by atoms with Gasteiger partial charge in [0.25, 0.3) is 5.91 Å². The Morgan fingerprint density at radius 2 is 1.90 bits per heavy atom. The Balaban J connectivity index is 1.26. The molecule has 1 N–H and O–H groups in total. The average Bonchev–Trinajstić information content (AvgIpc) is 3.25. The normalized spacial score (nSPS) is 30.2. The van der Waals surface area contributed by atoms with Crippen molar-refractivity contribution in [1.82, 2.24) is 10.2 Å². The molecule has 0 aromatic heterocycles. The number of likely N-dealkylation sites (tertiary alicyclic amines) is 1. The van der Waals surface area contributed by atoms with Crippen LogP contribution >= 0.6 is 0 Å². The van der Waals surface area contributed by atoms with Crippen molar-refractivity contribution in [2.75, 3.05) is 26.5 Å². The Kier molecular flexibility index (Phi) is 4.86. The van der Waals surface area contributed by atoms with Crippen LogP contribution in [0.5, 0.6) is 11.5 Å². The number of fused-ring (bicyclic) bond motifs is 2. The second-order valence-corrected chi connectivity index (χ2v) is 8.89. The van der Waals surface area contributed by atoms with Crippen LogP contribution < -0.4 is 14.8 Å². The molecule has 2 amide bonds. The highest BCUT2D eigenvalue weighted by atomic mass is 16.7. The van der Waals surface area contributed by atoms with Gasteiger partial charge >= 0.3 is 0 Å². The summed E-state index contributed by atoms with van der Waals surface area (Å²) in [5.41, 5.74) is 0.632. The third-order valence-corrected chi connectivity index (χ3v) is 6.66. The molecule has 2 heterocycles. The maximum Gasteiger partial charge on any atom is 0.254 e. The van der Waals surface area contributed by atoms with E-state index in [0.29, 0.717) is 34.8 Å². The SMILES string of the molecule is CC(=O)N[C@@H]1C[C@@H]2CN(C(=O)c3ccc4c(c3)OCO4)C[C@@H]2C[C@H]1OCC1CC1. The third kappa shape index (κ3) is 3.92. The summed E-state index contributed by atoms with van der Waals surface area (Å²) in [6, 6.07) is 5.41. The first kappa shape index (κ1) is 18.7. The second-order valence-electron chi connectivity index (χ2n) is 8.89. The minimum Gasteiger partial charge on any atom is -0.454 e. The van der Waals surface area contributed by atoms with E-state index < -0.39 is 0 Å². The molecule has 0 bridgehead atoms. The van der Waals surface area contributed by atoms with Gasteiger partial charge in [-0.05, 0) is 61.6 Å². The number of ether oxygens (including phenoxy) is 3. The number of amides is 2. The molecule has 5 rings (SSSR count). The molecule has 4 atom stereocenters. The zero-order valence-electron chi connectivity index (χ0n) is 16.8. The van der Waals surface area contributed by atoms with Gasteiger partial charge < -0.3 is 24.4 Å². The summed E-state index contributed by atoms with van der Waals surface area (Å²) in [6.07, 6.45) is 4.31. The maximum atomic E-state index is 13.1. The summed E-state index contributed by atoms with van der Waals surface area (Å²) in [6.45, 7) is 4.02. The van der Waals surface area contributed by atoms with Crippen LogP contribution in [0, 0.1) is 17.8 Å². The Morgan fingerprint density at radius 3 is 2.66 bits per heavy atom. The first-order valence-electron chi connectivity index (χ1n) is 10.6. The molecular weight excluding hydrogens is 372 g/mol. The minimum atomic E-state index is -0.0141. The molecule has 7 heteroatoms. The number of hydrogen-bond donors (Lipinski definition) is 1. The van der Waals surface area contributed by atoms with Gasteiger partial charge in [0.1, 0.15) is 0 Å². The number of carbonyl (C=O) groups is 2. The van der Waals surface area contributed by atoms with Crippen LogP contribution in [0.2, 0.25) is 0 Å². The van der Waals surface area contributed by atoms with E-state index in [9.17, 15) is 9.59 Å². The molecule has 29 heavy (non-hydrogen) atoms. The van der Waals surface area contributed by atoms with Crippen molar-refractivity contribution in [2.45, 2.75) is 44.8 Å². The van der Waals surface area contributed by atoms with Crippen molar-refractivity contribution in [1.29, 1.82) is 0 Å². The van der Waals surface area contributed by atoms with E-state index in [1.54, 1.807) is 25.1 Å². The molecule has 1 aromatic carbocycles. The van der Waals surface area contributed by atoms with Gasteiger partial charge in [-0.2, -0.15) is 0 Å². The Hall–Kier alpha value is -2.28. The van der Waals surface area contributed by atoms with Crippen LogP contribution in [0.15, 0.2) is 18.2 Å². The summed E-state index contributed by atoms with van der Waals surface area (Å²) >= 11 is 0. The molecule has 2 saturated carbocycles. The molecule has 2 aliphatic heterocycles. The Bertz CT molecular complexity index is 808. The highest BCUT2D eigenvalue weighted by molar-refractivity contribution is 5.95.